The molecule has 0 aliphatic rings. The predicted molar refractivity (Wildman–Crippen MR) is 181 cm³/mol. The summed E-state index contributed by atoms with van der Waals surface area (Å²) < 4.78 is 0. The highest BCUT2D eigenvalue weighted by molar-refractivity contribution is 6.26. The smallest absolute Gasteiger partial charge is 0.00137 e. The van der Waals surface area contributed by atoms with Crippen molar-refractivity contribution in [3.8, 4) is 44.5 Å². The van der Waals surface area contributed by atoms with E-state index in [-0.39, 0.29) is 0 Å². The summed E-state index contributed by atoms with van der Waals surface area (Å²) in [5.41, 5.74) is 9.98. The molecule has 8 rings (SSSR count). The van der Waals surface area contributed by atoms with Crippen LogP contribution in [0.2, 0.25) is 0 Å². The van der Waals surface area contributed by atoms with Crippen LogP contribution in [0.4, 0.5) is 0 Å². The standard InChI is InChI=1S/C42H28/c1-5-15-29(16-6-1)37-26-25-34-28-35-27-33-23-13-14-24-36(33)38(30-17-7-2-8-18-30)42(35)40(32-21-11-4-12-22-32)41(34)39(37)31-19-9-3-10-20-31/h1-28H. The summed E-state index contributed by atoms with van der Waals surface area (Å²) in [6.07, 6.45) is 0. The van der Waals surface area contributed by atoms with Gasteiger partial charge in [0.2, 0.25) is 0 Å². The molecule has 0 aliphatic heterocycles. The minimum Gasteiger partial charge on any atom is -0.0622 e. The number of hydrogen-bond donors (Lipinski definition) is 0. The van der Waals surface area contributed by atoms with Crippen molar-refractivity contribution in [2.24, 2.45) is 0 Å². The van der Waals surface area contributed by atoms with Crippen LogP contribution >= 0.6 is 0 Å². The Morgan fingerprint density at radius 1 is 0.262 bits per heavy atom. The number of hydrogen-bond acceptors (Lipinski definition) is 0. The van der Waals surface area contributed by atoms with Crippen LogP contribution in [0.15, 0.2) is 170 Å². The van der Waals surface area contributed by atoms with E-state index in [0.717, 1.165) is 0 Å². The molecular weight excluding hydrogens is 504 g/mol. The molecule has 0 saturated heterocycles. The maximum absolute atomic E-state index is 2.40. The fraction of sp³-hybridized carbons (Fsp3) is 0. The molecule has 0 unspecified atom stereocenters. The molecule has 0 nitrogen and oxygen atoms in total. The van der Waals surface area contributed by atoms with Crippen LogP contribution in [0.25, 0.3) is 76.8 Å². The third-order valence-corrected chi connectivity index (χ3v) is 8.40. The first-order valence-corrected chi connectivity index (χ1v) is 14.5. The zero-order valence-corrected chi connectivity index (χ0v) is 23.2. The Balaban J connectivity index is 1.66. The Labute approximate surface area is 246 Å². The Hall–Kier alpha value is -5.46. The molecule has 0 atom stereocenters. The van der Waals surface area contributed by atoms with E-state index in [9.17, 15) is 0 Å². The second kappa shape index (κ2) is 10.2. The van der Waals surface area contributed by atoms with Crippen LogP contribution in [0, 0.1) is 0 Å². The van der Waals surface area contributed by atoms with Crippen molar-refractivity contribution < 1.29 is 0 Å². The van der Waals surface area contributed by atoms with Gasteiger partial charge < -0.3 is 0 Å². The molecule has 0 bridgehead atoms. The lowest BCUT2D eigenvalue weighted by atomic mass is 9.81. The van der Waals surface area contributed by atoms with E-state index in [0.29, 0.717) is 0 Å². The lowest BCUT2D eigenvalue weighted by Crippen LogP contribution is -1.95. The van der Waals surface area contributed by atoms with Gasteiger partial charge in [0.05, 0.1) is 0 Å². The van der Waals surface area contributed by atoms with Gasteiger partial charge in [-0.1, -0.05) is 158 Å². The van der Waals surface area contributed by atoms with Crippen molar-refractivity contribution in [2.75, 3.05) is 0 Å². The molecule has 0 fully saturated rings. The quantitative estimate of drug-likeness (QED) is 0.198. The summed E-state index contributed by atoms with van der Waals surface area (Å²) in [6.45, 7) is 0. The summed E-state index contributed by atoms with van der Waals surface area (Å²) in [6, 6.07) is 61.7. The summed E-state index contributed by atoms with van der Waals surface area (Å²) >= 11 is 0. The highest BCUT2D eigenvalue weighted by Gasteiger charge is 2.21. The van der Waals surface area contributed by atoms with E-state index in [1.54, 1.807) is 0 Å². The molecule has 196 valence electrons. The highest BCUT2D eigenvalue weighted by atomic mass is 14.2. The van der Waals surface area contributed by atoms with Crippen LogP contribution in [0.1, 0.15) is 0 Å². The van der Waals surface area contributed by atoms with Gasteiger partial charge in [-0.25, -0.2) is 0 Å². The van der Waals surface area contributed by atoms with Crippen molar-refractivity contribution >= 4 is 32.3 Å². The van der Waals surface area contributed by atoms with Gasteiger partial charge >= 0.3 is 0 Å². The SMILES string of the molecule is c1ccc(-c2ccc3cc4cc5ccccc5c(-c5ccccc5)c4c(-c4ccccc4)c3c2-c2ccccc2)cc1. The lowest BCUT2D eigenvalue weighted by molar-refractivity contribution is 1.60. The van der Waals surface area contributed by atoms with Crippen LogP contribution in [0.5, 0.6) is 0 Å². The monoisotopic (exact) mass is 532 g/mol. The molecule has 8 aromatic carbocycles. The summed E-state index contributed by atoms with van der Waals surface area (Å²) in [4.78, 5) is 0. The average Bonchev–Trinajstić information content (AvgIpc) is 3.07. The van der Waals surface area contributed by atoms with Gasteiger partial charge in [0.25, 0.3) is 0 Å². The third kappa shape index (κ3) is 4.00. The Morgan fingerprint density at radius 2 is 0.714 bits per heavy atom. The molecule has 0 heterocycles. The summed E-state index contributed by atoms with van der Waals surface area (Å²) in [7, 11) is 0. The van der Waals surface area contributed by atoms with E-state index in [4.69, 9.17) is 0 Å². The van der Waals surface area contributed by atoms with E-state index in [1.807, 2.05) is 0 Å². The molecule has 8 aromatic rings. The zero-order chi connectivity index (χ0) is 27.9. The van der Waals surface area contributed by atoms with Gasteiger partial charge in [0, 0.05) is 0 Å². The van der Waals surface area contributed by atoms with Crippen molar-refractivity contribution in [1.82, 2.24) is 0 Å². The fourth-order valence-corrected chi connectivity index (χ4v) is 6.61. The maximum Gasteiger partial charge on any atom is -0.00137 e. The molecule has 42 heavy (non-hydrogen) atoms. The number of rotatable bonds is 4. The lowest BCUT2D eigenvalue weighted by Gasteiger charge is -2.22. The first-order valence-electron chi connectivity index (χ1n) is 14.5. The van der Waals surface area contributed by atoms with E-state index in [1.165, 1.54) is 76.8 Å². The Morgan fingerprint density at radius 3 is 1.33 bits per heavy atom. The van der Waals surface area contributed by atoms with Crippen molar-refractivity contribution in [3.05, 3.63) is 170 Å². The topological polar surface area (TPSA) is 0 Å². The first kappa shape index (κ1) is 24.3. The van der Waals surface area contributed by atoms with Crippen molar-refractivity contribution in [2.45, 2.75) is 0 Å². The van der Waals surface area contributed by atoms with Gasteiger partial charge in [-0.3, -0.25) is 0 Å². The van der Waals surface area contributed by atoms with Crippen molar-refractivity contribution in [3.63, 3.8) is 0 Å². The number of benzene rings is 8. The molecule has 0 saturated carbocycles. The largest absolute Gasteiger partial charge is 0.0622 e. The first-order chi connectivity index (χ1) is 20.9. The van der Waals surface area contributed by atoms with Crippen LogP contribution in [-0.2, 0) is 0 Å². The minimum absolute atomic E-state index is 1.22. The molecule has 0 spiro atoms. The van der Waals surface area contributed by atoms with Crippen LogP contribution < -0.4 is 0 Å². The molecule has 0 N–H and O–H groups in total. The minimum atomic E-state index is 1.22. The predicted octanol–water partition coefficient (Wildman–Crippen LogP) is 11.8. The molecule has 0 heteroatoms. The second-order valence-electron chi connectivity index (χ2n) is 10.9. The molecule has 0 aliphatic carbocycles. The second-order valence-corrected chi connectivity index (χ2v) is 10.9. The Bertz CT molecular complexity index is 2200. The van der Waals surface area contributed by atoms with Crippen LogP contribution in [0.3, 0.4) is 0 Å². The average molecular weight is 533 g/mol. The normalized spacial score (nSPS) is 11.3. The molecule has 0 amide bonds. The van der Waals surface area contributed by atoms with E-state index >= 15 is 0 Å². The van der Waals surface area contributed by atoms with Gasteiger partial charge in [-0.05, 0) is 89.0 Å². The maximum atomic E-state index is 2.40. The summed E-state index contributed by atoms with van der Waals surface area (Å²) in [5, 5.41) is 7.61. The fourth-order valence-electron chi connectivity index (χ4n) is 6.61. The van der Waals surface area contributed by atoms with E-state index < -0.39 is 0 Å². The van der Waals surface area contributed by atoms with Gasteiger partial charge in [-0.2, -0.15) is 0 Å². The highest BCUT2D eigenvalue weighted by Crippen LogP contribution is 2.49. The van der Waals surface area contributed by atoms with Crippen LogP contribution in [-0.4, -0.2) is 0 Å². The summed E-state index contributed by atoms with van der Waals surface area (Å²) in [5.74, 6) is 0. The van der Waals surface area contributed by atoms with E-state index in [2.05, 4.69) is 170 Å². The molecule has 0 radical (unpaired) electrons. The van der Waals surface area contributed by atoms with Crippen molar-refractivity contribution in [1.29, 1.82) is 0 Å². The molecule has 0 aromatic heterocycles. The third-order valence-electron chi connectivity index (χ3n) is 8.40. The molecular formula is C42H28. The number of fused-ring (bicyclic) bond motifs is 3. The van der Waals surface area contributed by atoms with Gasteiger partial charge in [0.1, 0.15) is 0 Å². The Kier molecular flexibility index (Phi) is 5.90. The zero-order valence-electron chi connectivity index (χ0n) is 23.2. The van der Waals surface area contributed by atoms with Gasteiger partial charge in [0.15, 0.2) is 0 Å². The van der Waals surface area contributed by atoms with Gasteiger partial charge in [-0.15, -0.1) is 0 Å².